The lowest BCUT2D eigenvalue weighted by molar-refractivity contribution is -0.144. The second-order valence-corrected chi connectivity index (χ2v) is 9.07. The molecule has 0 saturated carbocycles. The smallest absolute Gasteiger partial charge is 0.250 e. The van der Waals surface area contributed by atoms with Gasteiger partial charge in [-0.3, -0.25) is 29.4 Å². The number of nitrogens with zero attached hydrogens (tertiary/aromatic N) is 1. The van der Waals surface area contributed by atoms with E-state index < -0.39 is 41.1 Å². The van der Waals surface area contributed by atoms with Gasteiger partial charge in [0.25, 0.3) is 0 Å². The van der Waals surface area contributed by atoms with E-state index in [9.17, 15) is 19.2 Å². The Labute approximate surface area is 183 Å². The molecule has 4 aliphatic heterocycles. The van der Waals surface area contributed by atoms with E-state index in [0.717, 1.165) is 12.8 Å². The third-order valence-corrected chi connectivity index (χ3v) is 7.12. The van der Waals surface area contributed by atoms with Crippen molar-refractivity contribution in [1.82, 2.24) is 10.2 Å². The molecule has 0 radical (unpaired) electrons. The van der Waals surface area contributed by atoms with Crippen molar-refractivity contribution in [2.45, 2.75) is 43.4 Å². The minimum atomic E-state index is -1.43. The molecule has 0 aliphatic carbocycles. The number of amides is 4. The highest BCUT2D eigenvalue weighted by atomic mass is 35.5. The van der Waals surface area contributed by atoms with Gasteiger partial charge in [0.1, 0.15) is 5.54 Å². The van der Waals surface area contributed by atoms with Crippen LogP contribution < -0.4 is 16.4 Å². The quantitative estimate of drug-likeness (QED) is 0.565. The van der Waals surface area contributed by atoms with E-state index in [-0.39, 0.29) is 31.4 Å². The predicted molar refractivity (Wildman–Crippen MR) is 110 cm³/mol. The fourth-order valence-corrected chi connectivity index (χ4v) is 5.72. The Hall–Kier alpha value is -2.49. The molecular formula is C21H23ClN4O5. The second-order valence-electron chi connectivity index (χ2n) is 8.63. The van der Waals surface area contributed by atoms with Crippen LogP contribution in [0.5, 0.6) is 0 Å². The number of anilines is 1. The van der Waals surface area contributed by atoms with Gasteiger partial charge in [0.05, 0.1) is 24.5 Å². The number of hydrogen-bond acceptors (Lipinski definition) is 6. The monoisotopic (exact) mass is 446 g/mol. The maximum absolute atomic E-state index is 13.6. The van der Waals surface area contributed by atoms with Crippen molar-refractivity contribution in [3.8, 4) is 0 Å². The van der Waals surface area contributed by atoms with Crippen LogP contribution in [0.2, 0.25) is 5.02 Å². The number of hydrogen-bond donors (Lipinski definition) is 3. The number of carbonyl (C=O) groups excluding carboxylic acids is 4. The van der Waals surface area contributed by atoms with Gasteiger partial charge in [0.2, 0.25) is 23.6 Å². The fourth-order valence-electron chi connectivity index (χ4n) is 5.55. The van der Waals surface area contributed by atoms with E-state index in [4.69, 9.17) is 22.1 Å². The highest BCUT2D eigenvalue weighted by molar-refractivity contribution is 6.31. The molecule has 4 amide bonds. The first-order valence-electron chi connectivity index (χ1n) is 10.5. The second kappa shape index (κ2) is 7.29. The van der Waals surface area contributed by atoms with Crippen molar-refractivity contribution in [3.63, 3.8) is 0 Å². The average molecular weight is 447 g/mol. The molecule has 5 atom stereocenters. The Balaban J connectivity index is 1.57. The number of imide groups is 1. The number of rotatable bonds is 5. The van der Waals surface area contributed by atoms with Crippen LogP contribution >= 0.6 is 11.6 Å². The first-order valence-corrected chi connectivity index (χ1v) is 10.8. The molecule has 5 rings (SSSR count). The van der Waals surface area contributed by atoms with Crippen LogP contribution in [-0.4, -0.2) is 53.8 Å². The van der Waals surface area contributed by atoms with Gasteiger partial charge in [0.15, 0.2) is 0 Å². The van der Waals surface area contributed by atoms with Crippen molar-refractivity contribution < 1.29 is 23.9 Å². The van der Waals surface area contributed by atoms with Gasteiger partial charge in [-0.2, -0.15) is 0 Å². The van der Waals surface area contributed by atoms with Gasteiger partial charge in [-0.05, 0) is 37.5 Å². The summed E-state index contributed by atoms with van der Waals surface area (Å²) in [6.45, 7) is 0.780. The van der Waals surface area contributed by atoms with Crippen LogP contribution in [0.3, 0.4) is 0 Å². The summed E-state index contributed by atoms with van der Waals surface area (Å²) in [6, 6.07) is 4.43. The summed E-state index contributed by atoms with van der Waals surface area (Å²) in [7, 11) is 0. The molecule has 3 fully saturated rings. The zero-order valence-electron chi connectivity index (χ0n) is 16.7. The van der Waals surface area contributed by atoms with E-state index in [2.05, 4.69) is 10.6 Å². The predicted octanol–water partition coefficient (Wildman–Crippen LogP) is 0.505. The average Bonchev–Trinajstić information content (AvgIpc) is 3.46. The highest BCUT2D eigenvalue weighted by Gasteiger charge is 2.70. The molecular weight excluding hydrogens is 424 g/mol. The van der Waals surface area contributed by atoms with Crippen LogP contribution in [-0.2, 0) is 29.5 Å². The molecule has 164 valence electrons. The molecule has 4 heterocycles. The van der Waals surface area contributed by atoms with Crippen LogP contribution in [0.15, 0.2) is 18.2 Å². The van der Waals surface area contributed by atoms with Crippen molar-refractivity contribution in [3.05, 3.63) is 28.8 Å². The van der Waals surface area contributed by atoms with Crippen LogP contribution in [0.4, 0.5) is 5.69 Å². The van der Waals surface area contributed by atoms with E-state index in [1.165, 1.54) is 4.90 Å². The molecule has 1 aromatic rings. The zero-order valence-corrected chi connectivity index (χ0v) is 17.5. The number of nitrogens with two attached hydrogens (primary N) is 1. The maximum Gasteiger partial charge on any atom is 0.250 e. The topological polar surface area (TPSA) is 131 Å². The number of ether oxygens (including phenoxy) is 1. The van der Waals surface area contributed by atoms with Gasteiger partial charge < -0.3 is 15.8 Å². The first-order chi connectivity index (χ1) is 14.8. The Morgan fingerprint density at radius 1 is 1.29 bits per heavy atom. The summed E-state index contributed by atoms with van der Waals surface area (Å²) in [5, 5.41) is 6.49. The summed E-state index contributed by atoms with van der Waals surface area (Å²) >= 11 is 6.21. The summed E-state index contributed by atoms with van der Waals surface area (Å²) in [6.07, 6.45) is 1.75. The molecule has 0 bridgehead atoms. The number of likely N-dealkylation sites (tertiary alicyclic amines) is 1. The SMILES string of the molecule is NC(=O)CCC1NC2(C(=O)Nc3ccc(Cl)cc32)C2C(=O)N(CC3CCCO3)C(=O)C12. The zero-order chi connectivity index (χ0) is 21.9. The minimum Gasteiger partial charge on any atom is -0.376 e. The molecule has 4 aliphatic rings. The molecule has 4 N–H and O–H groups in total. The summed E-state index contributed by atoms with van der Waals surface area (Å²) in [5.41, 5.74) is 5.00. The van der Waals surface area contributed by atoms with Gasteiger partial charge in [0, 0.05) is 35.3 Å². The Bertz CT molecular complexity index is 994. The molecule has 9 nitrogen and oxygen atoms in total. The Morgan fingerprint density at radius 2 is 2.10 bits per heavy atom. The van der Waals surface area contributed by atoms with E-state index in [1.807, 2.05) is 0 Å². The maximum atomic E-state index is 13.6. The van der Waals surface area contributed by atoms with Gasteiger partial charge >= 0.3 is 0 Å². The van der Waals surface area contributed by atoms with Crippen molar-refractivity contribution in [2.24, 2.45) is 17.6 Å². The summed E-state index contributed by atoms with van der Waals surface area (Å²) in [5.74, 6) is -3.36. The number of benzene rings is 1. The van der Waals surface area contributed by atoms with Crippen LogP contribution in [0, 0.1) is 11.8 Å². The van der Waals surface area contributed by atoms with Crippen molar-refractivity contribution >= 4 is 40.9 Å². The minimum absolute atomic E-state index is 0.0359. The number of carbonyl (C=O) groups is 4. The number of halogens is 1. The summed E-state index contributed by atoms with van der Waals surface area (Å²) in [4.78, 5) is 52.9. The molecule has 10 heteroatoms. The molecule has 3 saturated heterocycles. The first kappa shape index (κ1) is 20.4. The number of fused-ring (bicyclic) bond motifs is 4. The van der Waals surface area contributed by atoms with Gasteiger partial charge in [-0.1, -0.05) is 11.6 Å². The van der Waals surface area contributed by atoms with E-state index in [1.54, 1.807) is 18.2 Å². The van der Waals surface area contributed by atoms with E-state index in [0.29, 0.717) is 22.9 Å². The normalized spacial score (nSPS) is 33.8. The largest absolute Gasteiger partial charge is 0.376 e. The highest BCUT2D eigenvalue weighted by Crippen LogP contribution is 2.54. The van der Waals surface area contributed by atoms with E-state index >= 15 is 0 Å². The lowest BCUT2D eigenvalue weighted by atomic mass is 9.76. The lowest BCUT2D eigenvalue weighted by Crippen LogP contribution is -2.53. The van der Waals surface area contributed by atoms with Crippen molar-refractivity contribution in [2.75, 3.05) is 18.5 Å². The summed E-state index contributed by atoms with van der Waals surface area (Å²) < 4.78 is 5.63. The Morgan fingerprint density at radius 3 is 2.81 bits per heavy atom. The van der Waals surface area contributed by atoms with Crippen LogP contribution in [0.25, 0.3) is 0 Å². The third kappa shape index (κ3) is 2.98. The molecule has 5 unspecified atom stereocenters. The Kier molecular flexibility index (Phi) is 4.80. The fraction of sp³-hybridized carbons (Fsp3) is 0.524. The lowest BCUT2D eigenvalue weighted by Gasteiger charge is -2.30. The van der Waals surface area contributed by atoms with Gasteiger partial charge in [-0.15, -0.1) is 0 Å². The number of nitrogens with one attached hydrogen (secondary N) is 2. The third-order valence-electron chi connectivity index (χ3n) is 6.88. The molecule has 1 aromatic carbocycles. The molecule has 0 aromatic heterocycles. The molecule has 1 spiro atoms. The number of primary amides is 1. The van der Waals surface area contributed by atoms with Gasteiger partial charge in [-0.25, -0.2) is 0 Å². The molecule has 31 heavy (non-hydrogen) atoms. The van der Waals surface area contributed by atoms with Crippen LogP contribution in [0.1, 0.15) is 31.2 Å². The van der Waals surface area contributed by atoms with Crippen molar-refractivity contribution in [1.29, 1.82) is 0 Å². The standard InChI is InChI=1S/C21H23ClN4O5/c22-10-3-4-13-12(8-10)21(20(30)24-13)17-16(14(25-21)5-6-15(23)27)18(28)26(19(17)29)9-11-2-1-7-31-11/h3-4,8,11,14,16-17,25H,1-2,5-7,9H2,(H2,23,27)(H,24,30).